The molecule has 1 N–H and O–H groups in total. The second-order valence-corrected chi connectivity index (χ2v) is 10.0. The number of ether oxygens (including phenoxy) is 2. The Morgan fingerprint density at radius 3 is 2.37 bits per heavy atom. The highest BCUT2D eigenvalue weighted by Crippen LogP contribution is 2.35. The van der Waals surface area contributed by atoms with Crippen LogP contribution in [0, 0.1) is 0 Å². The molecular formula is C21H22N2O5S2. The molecule has 3 aromatic rings. The Bertz CT molecular complexity index is 1150. The smallest absolute Gasteiger partial charge is 0.257 e. The van der Waals surface area contributed by atoms with Gasteiger partial charge in [0.25, 0.3) is 5.91 Å². The number of amides is 1. The zero-order valence-corrected chi connectivity index (χ0v) is 18.6. The van der Waals surface area contributed by atoms with Crippen molar-refractivity contribution in [3.05, 3.63) is 53.4 Å². The van der Waals surface area contributed by atoms with Crippen LogP contribution in [0.25, 0.3) is 11.3 Å². The second kappa shape index (κ2) is 8.85. The molecule has 0 aliphatic rings. The third-order valence-corrected chi connectivity index (χ3v) is 7.40. The molecular weight excluding hydrogens is 424 g/mol. The van der Waals surface area contributed by atoms with Crippen molar-refractivity contribution in [1.82, 2.24) is 4.98 Å². The van der Waals surface area contributed by atoms with Crippen LogP contribution in [0.3, 0.4) is 0 Å². The highest BCUT2D eigenvalue weighted by atomic mass is 32.2. The van der Waals surface area contributed by atoms with E-state index in [-0.39, 0.29) is 10.8 Å². The lowest BCUT2D eigenvalue weighted by atomic mass is 10.1. The number of anilines is 1. The summed E-state index contributed by atoms with van der Waals surface area (Å²) in [6.45, 7) is 3.24. The lowest BCUT2D eigenvalue weighted by molar-refractivity contribution is 0.102. The van der Waals surface area contributed by atoms with Crippen molar-refractivity contribution in [3.63, 3.8) is 0 Å². The molecule has 1 aromatic heterocycles. The van der Waals surface area contributed by atoms with E-state index in [9.17, 15) is 13.2 Å². The molecule has 1 amide bonds. The van der Waals surface area contributed by atoms with Crippen molar-refractivity contribution in [2.24, 2.45) is 0 Å². The van der Waals surface area contributed by atoms with Crippen LogP contribution < -0.4 is 14.8 Å². The van der Waals surface area contributed by atoms with Crippen LogP contribution in [0.1, 0.15) is 24.2 Å². The third-order valence-electron chi connectivity index (χ3n) is 4.47. The first-order chi connectivity index (χ1) is 14.3. The molecule has 0 saturated heterocycles. The maximum Gasteiger partial charge on any atom is 0.257 e. The molecule has 9 heteroatoms. The van der Waals surface area contributed by atoms with Crippen LogP contribution >= 0.6 is 11.3 Å². The maximum absolute atomic E-state index is 12.5. The van der Waals surface area contributed by atoms with Gasteiger partial charge >= 0.3 is 0 Å². The summed E-state index contributed by atoms with van der Waals surface area (Å²) in [5.41, 5.74) is 1.78. The summed E-state index contributed by atoms with van der Waals surface area (Å²) in [5, 5.41) is 4.46. The van der Waals surface area contributed by atoms with Gasteiger partial charge in [0.2, 0.25) is 0 Å². The van der Waals surface area contributed by atoms with Gasteiger partial charge in [-0.25, -0.2) is 13.4 Å². The molecule has 0 aliphatic carbocycles. The Morgan fingerprint density at radius 2 is 1.77 bits per heavy atom. The van der Waals surface area contributed by atoms with Crippen molar-refractivity contribution >= 4 is 32.2 Å². The molecule has 0 radical (unpaired) electrons. The number of aromatic nitrogens is 1. The van der Waals surface area contributed by atoms with E-state index in [1.165, 1.54) is 35.6 Å². The first-order valence-electron chi connectivity index (χ1n) is 9.09. The zero-order valence-electron chi connectivity index (χ0n) is 17.0. The van der Waals surface area contributed by atoms with E-state index < -0.39 is 15.1 Å². The fourth-order valence-corrected chi connectivity index (χ4v) is 4.47. The highest BCUT2D eigenvalue weighted by molar-refractivity contribution is 7.92. The van der Waals surface area contributed by atoms with Crippen LogP contribution in [0.4, 0.5) is 5.13 Å². The predicted octanol–water partition coefficient (Wildman–Crippen LogP) is 4.26. The first-order valence-corrected chi connectivity index (χ1v) is 11.5. The van der Waals surface area contributed by atoms with E-state index in [4.69, 9.17) is 9.47 Å². The summed E-state index contributed by atoms with van der Waals surface area (Å²) >= 11 is 1.28. The molecule has 2 aromatic carbocycles. The number of hydrogen-bond acceptors (Lipinski definition) is 7. The summed E-state index contributed by atoms with van der Waals surface area (Å²) in [5.74, 6) is 0.910. The highest BCUT2D eigenvalue weighted by Gasteiger charge is 2.20. The first kappa shape index (κ1) is 21.8. The Balaban J connectivity index is 1.77. The van der Waals surface area contributed by atoms with Crippen LogP contribution in [0.2, 0.25) is 0 Å². The minimum atomic E-state index is -3.38. The number of nitrogens with zero attached hydrogens (tertiary/aromatic N) is 1. The number of methoxy groups -OCH3 is 2. The molecule has 0 bridgehead atoms. The van der Waals surface area contributed by atoms with Gasteiger partial charge in [0.1, 0.15) is 11.5 Å². The number of benzene rings is 2. The van der Waals surface area contributed by atoms with Gasteiger partial charge in [-0.3, -0.25) is 10.1 Å². The number of carbonyl (C=O) groups excluding carboxylic acids is 1. The minimum absolute atomic E-state index is 0.192. The molecule has 0 atom stereocenters. The Hall–Kier alpha value is -2.91. The molecule has 0 aliphatic heterocycles. The quantitative estimate of drug-likeness (QED) is 0.583. The van der Waals surface area contributed by atoms with Gasteiger partial charge < -0.3 is 9.47 Å². The van der Waals surface area contributed by atoms with Gasteiger partial charge in [-0.1, -0.05) is 0 Å². The fraction of sp³-hybridized carbons (Fsp3) is 0.238. The van der Waals surface area contributed by atoms with Crippen molar-refractivity contribution in [3.8, 4) is 22.8 Å². The van der Waals surface area contributed by atoms with Crippen molar-refractivity contribution in [2.45, 2.75) is 24.0 Å². The Kier molecular flexibility index (Phi) is 6.42. The van der Waals surface area contributed by atoms with Gasteiger partial charge in [0, 0.05) is 22.6 Å². The van der Waals surface area contributed by atoms with Gasteiger partial charge in [0.15, 0.2) is 15.0 Å². The predicted molar refractivity (Wildman–Crippen MR) is 117 cm³/mol. The Morgan fingerprint density at radius 1 is 1.07 bits per heavy atom. The molecule has 0 fully saturated rings. The van der Waals surface area contributed by atoms with E-state index in [0.717, 1.165) is 5.56 Å². The number of hydrogen-bond donors (Lipinski definition) is 1. The lowest BCUT2D eigenvalue weighted by Crippen LogP contribution is -2.15. The summed E-state index contributed by atoms with van der Waals surface area (Å²) in [6.07, 6.45) is 0. The summed E-state index contributed by atoms with van der Waals surface area (Å²) < 4.78 is 35.0. The lowest BCUT2D eigenvalue weighted by Gasteiger charge is -2.09. The maximum atomic E-state index is 12.5. The normalized spacial score (nSPS) is 11.4. The van der Waals surface area contributed by atoms with Crippen LogP contribution in [-0.2, 0) is 9.84 Å². The number of nitrogens with one attached hydrogen (secondary N) is 1. The average molecular weight is 447 g/mol. The summed E-state index contributed by atoms with van der Waals surface area (Å²) in [4.78, 5) is 17.2. The molecule has 0 saturated carbocycles. The molecule has 0 unspecified atom stereocenters. The molecule has 1 heterocycles. The van der Waals surface area contributed by atoms with E-state index in [1.54, 1.807) is 34.1 Å². The monoisotopic (exact) mass is 446 g/mol. The number of sulfone groups is 1. The Labute approximate surface area is 179 Å². The molecule has 0 spiro atoms. The van der Waals surface area contributed by atoms with E-state index in [2.05, 4.69) is 10.3 Å². The number of carbonyl (C=O) groups is 1. The molecule has 3 rings (SSSR count). The largest absolute Gasteiger partial charge is 0.497 e. The standard InChI is InChI=1S/C21H22N2O5S2/c1-13(2)30(25,26)16-8-5-14(6-9-16)20(24)23-21-22-18(12-29-21)17-10-7-15(27-3)11-19(17)28-4/h5-13H,1-4H3,(H,22,23,24). The summed E-state index contributed by atoms with van der Waals surface area (Å²) in [7, 11) is -0.235. The van der Waals surface area contributed by atoms with Crippen LogP contribution in [0.15, 0.2) is 52.7 Å². The SMILES string of the molecule is COc1ccc(-c2csc(NC(=O)c3ccc(S(=O)(=O)C(C)C)cc3)n2)c(OC)c1. The molecule has 158 valence electrons. The zero-order chi connectivity index (χ0) is 21.9. The molecule has 30 heavy (non-hydrogen) atoms. The summed E-state index contributed by atoms with van der Waals surface area (Å²) in [6, 6.07) is 11.3. The van der Waals surface area contributed by atoms with Crippen LogP contribution in [0.5, 0.6) is 11.5 Å². The van der Waals surface area contributed by atoms with Gasteiger partial charge in [-0.15, -0.1) is 11.3 Å². The van der Waals surface area contributed by atoms with Gasteiger partial charge in [-0.05, 0) is 50.2 Å². The van der Waals surface area contributed by atoms with E-state index in [0.29, 0.717) is 27.9 Å². The van der Waals surface area contributed by atoms with E-state index >= 15 is 0 Å². The van der Waals surface area contributed by atoms with E-state index in [1.807, 2.05) is 17.5 Å². The van der Waals surface area contributed by atoms with Gasteiger partial charge in [-0.2, -0.15) is 0 Å². The van der Waals surface area contributed by atoms with Crippen molar-refractivity contribution in [1.29, 1.82) is 0 Å². The third kappa shape index (κ3) is 4.47. The number of thiazole rings is 1. The van der Waals surface area contributed by atoms with Gasteiger partial charge in [0.05, 0.1) is 30.1 Å². The fourth-order valence-electron chi connectivity index (χ4n) is 2.70. The second-order valence-electron chi connectivity index (χ2n) is 6.68. The minimum Gasteiger partial charge on any atom is -0.497 e. The number of rotatable bonds is 7. The molecule has 7 nitrogen and oxygen atoms in total. The van der Waals surface area contributed by atoms with Crippen molar-refractivity contribution < 1.29 is 22.7 Å². The van der Waals surface area contributed by atoms with Crippen molar-refractivity contribution in [2.75, 3.05) is 19.5 Å². The average Bonchev–Trinajstić information content (AvgIpc) is 3.21. The topological polar surface area (TPSA) is 94.6 Å². The van der Waals surface area contributed by atoms with Crippen LogP contribution in [-0.4, -0.2) is 38.8 Å².